The molecule has 0 amide bonds. The van der Waals surface area contributed by atoms with Gasteiger partial charge in [-0.3, -0.25) is 0 Å². The summed E-state index contributed by atoms with van der Waals surface area (Å²) in [5.74, 6) is 0.355. The smallest absolute Gasteiger partial charge is 0.328 e. The van der Waals surface area contributed by atoms with Gasteiger partial charge in [-0.25, -0.2) is 24.4 Å². The van der Waals surface area contributed by atoms with Crippen LogP contribution < -0.4 is 17.1 Å². The molecule has 1 heterocycles. The van der Waals surface area contributed by atoms with E-state index in [9.17, 15) is 9.59 Å². The van der Waals surface area contributed by atoms with Crippen LogP contribution in [0.4, 0.5) is 0 Å². The molecule has 1 unspecified atom stereocenters. The van der Waals surface area contributed by atoms with Gasteiger partial charge in [-0.2, -0.15) is 0 Å². The lowest BCUT2D eigenvalue weighted by atomic mass is 9.84. The van der Waals surface area contributed by atoms with Crippen molar-refractivity contribution in [1.29, 1.82) is 0 Å². The number of nitrogens with zero attached hydrogens (tertiary/aromatic N) is 1. The Bertz CT molecular complexity index is 411. The maximum Gasteiger partial charge on any atom is 0.344 e. The van der Waals surface area contributed by atoms with E-state index in [0.29, 0.717) is 12.5 Å². The van der Waals surface area contributed by atoms with Gasteiger partial charge in [0.05, 0.1) is 6.04 Å². The highest BCUT2D eigenvalue weighted by Crippen LogP contribution is 2.30. The molecule has 0 aromatic carbocycles. The van der Waals surface area contributed by atoms with Crippen LogP contribution in [0.3, 0.4) is 0 Å². The van der Waals surface area contributed by atoms with Crippen molar-refractivity contribution in [1.82, 2.24) is 14.8 Å². The summed E-state index contributed by atoms with van der Waals surface area (Å²) in [6.07, 6.45) is 5.68. The van der Waals surface area contributed by atoms with Gasteiger partial charge < -0.3 is 5.73 Å². The molecule has 0 radical (unpaired) electrons. The van der Waals surface area contributed by atoms with Crippen molar-refractivity contribution in [3.8, 4) is 0 Å². The van der Waals surface area contributed by atoms with Crippen molar-refractivity contribution in [3.05, 3.63) is 21.0 Å². The third kappa shape index (κ3) is 1.97. The highest BCUT2D eigenvalue weighted by atomic mass is 16.2. The Balaban J connectivity index is 2.28. The van der Waals surface area contributed by atoms with E-state index >= 15 is 0 Å². The lowest BCUT2D eigenvalue weighted by Gasteiger charge is -2.28. The molecule has 90 valence electrons. The summed E-state index contributed by atoms with van der Waals surface area (Å²) < 4.78 is 1.23. The second-order valence-electron chi connectivity index (χ2n) is 4.43. The fraction of sp³-hybridized carbons (Fsp3) is 0.800. The molecule has 0 spiro atoms. The fourth-order valence-electron chi connectivity index (χ4n) is 2.65. The molecule has 1 saturated carbocycles. The first-order valence-corrected chi connectivity index (χ1v) is 5.83. The van der Waals surface area contributed by atoms with Crippen molar-refractivity contribution in [3.63, 3.8) is 0 Å². The third-order valence-electron chi connectivity index (χ3n) is 3.48. The monoisotopic (exact) mass is 226 g/mol. The second-order valence-corrected chi connectivity index (χ2v) is 4.43. The molecule has 1 aromatic rings. The van der Waals surface area contributed by atoms with Gasteiger partial charge in [0, 0.05) is 6.54 Å². The van der Waals surface area contributed by atoms with Crippen LogP contribution in [0.5, 0.6) is 0 Å². The van der Waals surface area contributed by atoms with E-state index in [0.717, 1.165) is 25.7 Å². The molecule has 4 N–H and O–H groups in total. The van der Waals surface area contributed by atoms with E-state index in [4.69, 9.17) is 5.73 Å². The number of hydrogen-bond donors (Lipinski definition) is 3. The summed E-state index contributed by atoms with van der Waals surface area (Å²) in [5.41, 5.74) is 4.94. The van der Waals surface area contributed by atoms with Gasteiger partial charge in [-0.1, -0.05) is 19.3 Å². The van der Waals surface area contributed by atoms with Gasteiger partial charge in [0.2, 0.25) is 0 Å². The van der Waals surface area contributed by atoms with E-state index < -0.39 is 0 Å². The second kappa shape index (κ2) is 4.69. The average Bonchev–Trinajstić information content (AvgIpc) is 2.63. The van der Waals surface area contributed by atoms with E-state index in [1.54, 1.807) is 0 Å². The predicted octanol–water partition coefficient (Wildman–Crippen LogP) is -0.0552. The Hall–Kier alpha value is -1.30. The van der Waals surface area contributed by atoms with Crippen molar-refractivity contribution >= 4 is 0 Å². The molecule has 2 rings (SSSR count). The Morgan fingerprint density at radius 3 is 2.25 bits per heavy atom. The predicted molar refractivity (Wildman–Crippen MR) is 60.3 cm³/mol. The van der Waals surface area contributed by atoms with Crippen LogP contribution in [0.25, 0.3) is 0 Å². The summed E-state index contributed by atoms with van der Waals surface area (Å²) in [5, 5.41) is 4.61. The van der Waals surface area contributed by atoms with Crippen LogP contribution in [-0.4, -0.2) is 21.3 Å². The number of aromatic amines is 2. The first-order chi connectivity index (χ1) is 7.74. The number of aromatic nitrogens is 3. The molecule has 1 atom stereocenters. The van der Waals surface area contributed by atoms with Crippen molar-refractivity contribution in [2.45, 2.75) is 38.1 Å². The summed E-state index contributed by atoms with van der Waals surface area (Å²) in [6.45, 7) is 0.339. The summed E-state index contributed by atoms with van der Waals surface area (Å²) in [4.78, 5) is 23.0. The first-order valence-electron chi connectivity index (χ1n) is 5.83. The van der Waals surface area contributed by atoms with Crippen molar-refractivity contribution in [2.75, 3.05) is 6.54 Å². The van der Waals surface area contributed by atoms with E-state index in [1.807, 2.05) is 0 Å². The minimum atomic E-state index is -0.383. The molecule has 6 heteroatoms. The zero-order valence-electron chi connectivity index (χ0n) is 9.24. The summed E-state index contributed by atoms with van der Waals surface area (Å²) >= 11 is 0. The maximum atomic E-state index is 11.5. The SMILES string of the molecule is NCC(C1CCCCC1)n1c(=O)[nH][nH]c1=O. The molecule has 1 aliphatic rings. The maximum absolute atomic E-state index is 11.5. The molecule has 0 saturated heterocycles. The van der Waals surface area contributed by atoms with Gasteiger partial charge in [0.25, 0.3) is 0 Å². The lowest BCUT2D eigenvalue weighted by Crippen LogP contribution is -2.39. The van der Waals surface area contributed by atoms with Crippen LogP contribution in [0.15, 0.2) is 9.59 Å². The van der Waals surface area contributed by atoms with E-state index in [-0.39, 0.29) is 17.4 Å². The minimum Gasteiger partial charge on any atom is -0.328 e. The van der Waals surface area contributed by atoms with E-state index in [2.05, 4.69) is 10.2 Å². The molecule has 1 aromatic heterocycles. The van der Waals surface area contributed by atoms with Crippen LogP contribution in [0.1, 0.15) is 38.1 Å². The minimum absolute atomic E-state index is 0.164. The fourth-order valence-corrected chi connectivity index (χ4v) is 2.65. The van der Waals surface area contributed by atoms with Crippen molar-refractivity contribution in [2.24, 2.45) is 11.7 Å². The zero-order chi connectivity index (χ0) is 11.5. The average molecular weight is 226 g/mol. The molecule has 1 fully saturated rings. The highest BCUT2D eigenvalue weighted by molar-refractivity contribution is 4.83. The topological polar surface area (TPSA) is 96.7 Å². The molecule has 6 nitrogen and oxygen atoms in total. The Morgan fingerprint density at radius 2 is 1.75 bits per heavy atom. The Kier molecular flexibility index (Phi) is 3.28. The summed E-state index contributed by atoms with van der Waals surface area (Å²) in [6, 6.07) is -0.164. The standard InChI is InChI=1S/C10H18N4O2/c11-6-8(7-4-2-1-3-5-7)14-9(15)12-13-10(14)16/h7-8H,1-6,11H2,(H,12,15)(H,13,16). The van der Waals surface area contributed by atoms with Crippen LogP contribution >= 0.6 is 0 Å². The molecular weight excluding hydrogens is 208 g/mol. The number of rotatable bonds is 3. The lowest BCUT2D eigenvalue weighted by molar-refractivity contribution is 0.246. The number of nitrogens with one attached hydrogen (secondary N) is 2. The van der Waals surface area contributed by atoms with E-state index in [1.165, 1.54) is 11.0 Å². The van der Waals surface area contributed by atoms with Crippen LogP contribution in [0, 0.1) is 5.92 Å². The summed E-state index contributed by atoms with van der Waals surface area (Å²) in [7, 11) is 0. The molecule has 16 heavy (non-hydrogen) atoms. The molecule has 1 aliphatic carbocycles. The molecule has 0 aliphatic heterocycles. The third-order valence-corrected chi connectivity index (χ3v) is 3.48. The largest absolute Gasteiger partial charge is 0.344 e. The first kappa shape index (κ1) is 11.2. The highest BCUT2D eigenvalue weighted by Gasteiger charge is 2.26. The van der Waals surface area contributed by atoms with Crippen LogP contribution in [-0.2, 0) is 0 Å². The number of nitrogens with two attached hydrogens (primary N) is 1. The van der Waals surface area contributed by atoms with Gasteiger partial charge in [-0.15, -0.1) is 0 Å². The molecule has 0 bridgehead atoms. The van der Waals surface area contributed by atoms with Crippen molar-refractivity contribution < 1.29 is 0 Å². The van der Waals surface area contributed by atoms with Crippen LogP contribution in [0.2, 0.25) is 0 Å². The number of H-pyrrole nitrogens is 2. The van der Waals surface area contributed by atoms with Gasteiger partial charge in [0.1, 0.15) is 0 Å². The quantitative estimate of drug-likeness (QED) is 0.673. The van der Waals surface area contributed by atoms with Gasteiger partial charge in [0.15, 0.2) is 0 Å². The Morgan fingerprint density at radius 1 is 1.19 bits per heavy atom. The number of hydrogen-bond acceptors (Lipinski definition) is 3. The molecular formula is C10H18N4O2. The normalized spacial score (nSPS) is 19.8. The van der Waals surface area contributed by atoms with Gasteiger partial charge >= 0.3 is 11.4 Å². The zero-order valence-corrected chi connectivity index (χ0v) is 9.24. The Labute approximate surface area is 92.8 Å². The van der Waals surface area contributed by atoms with Gasteiger partial charge in [-0.05, 0) is 18.8 Å².